The van der Waals surface area contributed by atoms with Crippen LogP contribution < -0.4 is 0 Å². The maximum absolute atomic E-state index is 11.6. The molecule has 4 nitrogen and oxygen atoms in total. The van der Waals surface area contributed by atoms with Gasteiger partial charge in [-0.1, -0.05) is 30.3 Å². The summed E-state index contributed by atoms with van der Waals surface area (Å²) < 4.78 is 5.60. The fraction of sp³-hybridized carbons (Fsp3) is 0.562. The molecule has 2 heterocycles. The Morgan fingerprint density at radius 3 is 2.85 bits per heavy atom. The van der Waals surface area contributed by atoms with Crippen LogP contribution in [0.4, 0.5) is 0 Å². The number of benzene rings is 1. The molecule has 0 aromatic heterocycles. The highest BCUT2D eigenvalue weighted by Crippen LogP contribution is 2.43. The van der Waals surface area contributed by atoms with Crippen LogP contribution >= 0.6 is 0 Å². The SMILES string of the molecule is O=C(O)[C@@H]1CN(Cc2ccccc2)C[C@@]12CCCOC2. The van der Waals surface area contributed by atoms with Gasteiger partial charge in [-0.3, -0.25) is 9.69 Å². The summed E-state index contributed by atoms with van der Waals surface area (Å²) in [6, 6.07) is 10.2. The highest BCUT2D eigenvalue weighted by molar-refractivity contribution is 5.72. The molecule has 20 heavy (non-hydrogen) atoms. The summed E-state index contributed by atoms with van der Waals surface area (Å²) in [5.41, 5.74) is 1.06. The van der Waals surface area contributed by atoms with Gasteiger partial charge in [0.25, 0.3) is 0 Å². The summed E-state index contributed by atoms with van der Waals surface area (Å²) in [5, 5.41) is 9.53. The molecule has 2 saturated heterocycles. The number of likely N-dealkylation sites (tertiary alicyclic amines) is 1. The summed E-state index contributed by atoms with van der Waals surface area (Å²) in [7, 11) is 0. The van der Waals surface area contributed by atoms with Crippen molar-refractivity contribution in [3.8, 4) is 0 Å². The lowest BCUT2D eigenvalue weighted by Crippen LogP contribution is -2.42. The van der Waals surface area contributed by atoms with Crippen molar-refractivity contribution in [2.45, 2.75) is 19.4 Å². The molecule has 0 saturated carbocycles. The van der Waals surface area contributed by atoms with Gasteiger partial charge in [0.15, 0.2) is 0 Å². The Labute approximate surface area is 119 Å². The summed E-state index contributed by atoms with van der Waals surface area (Å²) in [6.07, 6.45) is 1.94. The molecule has 0 radical (unpaired) electrons. The van der Waals surface area contributed by atoms with Crippen molar-refractivity contribution in [2.75, 3.05) is 26.3 Å². The third-order valence-electron chi connectivity index (χ3n) is 4.62. The lowest BCUT2D eigenvalue weighted by atomic mass is 9.74. The Bertz CT molecular complexity index is 468. The van der Waals surface area contributed by atoms with E-state index in [1.54, 1.807) is 0 Å². The van der Waals surface area contributed by atoms with E-state index >= 15 is 0 Å². The molecule has 1 aromatic rings. The number of ether oxygens (including phenoxy) is 1. The third kappa shape index (κ3) is 2.58. The fourth-order valence-electron chi connectivity index (χ4n) is 3.65. The molecule has 0 unspecified atom stereocenters. The van der Waals surface area contributed by atoms with Crippen LogP contribution in [-0.2, 0) is 16.1 Å². The molecule has 3 rings (SSSR count). The van der Waals surface area contributed by atoms with Gasteiger partial charge >= 0.3 is 5.97 Å². The second-order valence-electron chi connectivity index (χ2n) is 6.06. The van der Waals surface area contributed by atoms with Crippen LogP contribution in [0, 0.1) is 11.3 Å². The summed E-state index contributed by atoms with van der Waals surface area (Å²) in [5.74, 6) is -0.974. The van der Waals surface area contributed by atoms with Crippen molar-refractivity contribution in [1.82, 2.24) is 4.90 Å². The first-order valence-electron chi connectivity index (χ1n) is 7.26. The van der Waals surface area contributed by atoms with E-state index in [9.17, 15) is 9.90 Å². The van der Waals surface area contributed by atoms with Gasteiger partial charge in [-0.25, -0.2) is 0 Å². The average Bonchev–Trinajstić information content (AvgIpc) is 2.79. The van der Waals surface area contributed by atoms with Crippen LogP contribution in [0.2, 0.25) is 0 Å². The molecule has 1 aromatic carbocycles. The fourth-order valence-corrected chi connectivity index (χ4v) is 3.65. The minimum atomic E-state index is -0.675. The molecular formula is C16H21NO3. The Morgan fingerprint density at radius 2 is 2.20 bits per heavy atom. The quantitative estimate of drug-likeness (QED) is 0.916. The number of nitrogens with zero attached hydrogens (tertiary/aromatic N) is 1. The molecule has 2 atom stereocenters. The van der Waals surface area contributed by atoms with E-state index in [1.165, 1.54) is 5.56 Å². The predicted molar refractivity (Wildman–Crippen MR) is 75.3 cm³/mol. The third-order valence-corrected chi connectivity index (χ3v) is 4.62. The van der Waals surface area contributed by atoms with E-state index < -0.39 is 5.97 Å². The highest BCUT2D eigenvalue weighted by Gasteiger charge is 2.50. The van der Waals surface area contributed by atoms with E-state index in [0.29, 0.717) is 13.2 Å². The predicted octanol–water partition coefficient (Wildman–Crippen LogP) is 2.00. The topological polar surface area (TPSA) is 49.8 Å². The van der Waals surface area contributed by atoms with Gasteiger partial charge in [0.1, 0.15) is 0 Å². The molecule has 0 bridgehead atoms. The Hall–Kier alpha value is -1.39. The van der Waals surface area contributed by atoms with Gasteiger partial charge in [0, 0.05) is 31.7 Å². The molecule has 1 N–H and O–H groups in total. The monoisotopic (exact) mass is 275 g/mol. The van der Waals surface area contributed by atoms with Crippen molar-refractivity contribution in [2.24, 2.45) is 11.3 Å². The molecule has 2 aliphatic heterocycles. The molecule has 4 heteroatoms. The number of hydrogen-bond donors (Lipinski definition) is 1. The number of rotatable bonds is 3. The van der Waals surface area contributed by atoms with Crippen LogP contribution in [0.25, 0.3) is 0 Å². The second-order valence-corrected chi connectivity index (χ2v) is 6.06. The number of aliphatic carboxylic acids is 1. The van der Waals surface area contributed by atoms with Crippen LogP contribution in [0.3, 0.4) is 0 Å². The van der Waals surface area contributed by atoms with E-state index in [0.717, 1.165) is 32.5 Å². The van der Waals surface area contributed by atoms with Gasteiger partial charge < -0.3 is 9.84 Å². The van der Waals surface area contributed by atoms with Crippen molar-refractivity contribution >= 4 is 5.97 Å². The van der Waals surface area contributed by atoms with Crippen molar-refractivity contribution < 1.29 is 14.6 Å². The van der Waals surface area contributed by atoms with E-state index in [4.69, 9.17) is 4.74 Å². The smallest absolute Gasteiger partial charge is 0.308 e. The molecule has 2 aliphatic rings. The van der Waals surface area contributed by atoms with Crippen LogP contribution in [0.5, 0.6) is 0 Å². The minimum Gasteiger partial charge on any atom is -0.481 e. The van der Waals surface area contributed by atoms with Gasteiger partial charge in [-0.2, -0.15) is 0 Å². The number of carbonyl (C=O) groups is 1. The largest absolute Gasteiger partial charge is 0.481 e. The van der Waals surface area contributed by atoms with Gasteiger partial charge in [-0.05, 0) is 18.4 Å². The number of hydrogen-bond acceptors (Lipinski definition) is 3. The van der Waals surface area contributed by atoms with Gasteiger partial charge in [0.2, 0.25) is 0 Å². The summed E-state index contributed by atoms with van der Waals surface area (Å²) >= 11 is 0. The molecule has 108 valence electrons. The van der Waals surface area contributed by atoms with E-state index in [1.807, 2.05) is 18.2 Å². The normalized spacial score (nSPS) is 30.7. The number of carboxylic acids is 1. The molecular weight excluding hydrogens is 254 g/mol. The zero-order chi connectivity index (χ0) is 14.0. The Balaban J connectivity index is 1.74. The maximum atomic E-state index is 11.6. The standard InChI is InChI=1S/C16H21NO3/c18-15(19)14-10-17(9-13-5-2-1-3-6-13)11-16(14)7-4-8-20-12-16/h1-3,5-6,14H,4,7-12H2,(H,18,19)/t14-,16+/m0/s1. The van der Waals surface area contributed by atoms with Crippen LogP contribution in [0.15, 0.2) is 30.3 Å². The first kappa shape index (κ1) is 13.6. The van der Waals surface area contributed by atoms with E-state index in [-0.39, 0.29) is 11.3 Å². The molecule has 0 aliphatic carbocycles. The van der Waals surface area contributed by atoms with Crippen molar-refractivity contribution in [1.29, 1.82) is 0 Å². The Morgan fingerprint density at radius 1 is 1.40 bits per heavy atom. The zero-order valence-electron chi connectivity index (χ0n) is 11.6. The zero-order valence-corrected chi connectivity index (χ0v) is 11.6. The highest BCUT2D eigenvalue weighted by atomic mass is 16.5. The first-order valence-corrected chi connectivity index (χ1v) is 7.26. The molecule has 2 fully saturated rings. The van der Waals surface area contributed by atoms with Gasteiger partial charge in [0.05, 0.1) is 12.5 Å². The Kier molecular flexibility index (Phi) is 3.76. The molecule has 0 amide bonds. The summed E-state index contributed by atoms with van der Waals surface area (Å²) in [4.78, 5) is 13.9. The number of carboxylic acid groups (broad SMARTS) is 1. The van der Waals surface area contributed by atoms with Crippen molar-refractivity contribution in [3.05, 3.63) is 35.9 Å². The lowest BCUT2D eigenvalue weighted by molar-refractivity contribution is -0.148. The average molecular weight is 275 g/mol. The maximum Gasteiger partial charge on any atom is 0.308 e. The van der Waals surface area contributed by atoms with Crippen LogP contribution in [-0.4, -0.2) is 42.3 Å². The molecule has 1 spiro atoms. The lowest BCUT2D eigenvalue weighted by Gasteiger charge is -2.36. The van der Waals surface area contributed by atoms with E-state index in [2.05, 4.69) is 17.0 Å². The first-order chi connectivity index (χ1) is 9.70. The van der Waals surface area contributed by atoms with Gasteiger partial charge in [-0.15, -0.1) is 0 Å². The van der Waals surface area contributed by atoms with Crippen LogP contribution in [0.1, 0.15) is 18.4 Å². The van der Waals surface area contributed by atoms with Crippen molar-refractivity contribution in [3.63, 3.8) is 0 Å². The minimum absolute atomic E-state index is 0.182. The second kappa shape index (κ2) is 5.54. The summed E-state index contributed by atoms with van der Waals surface area (Å²) in [6.45, 7) is 3.65.